The number of hydrogen-bond donors (Lipinski definition) is 1. The summed E-state index contributed by atoms with van der Waals surface area (Å²) in [6, 6.07) is 10.1. The normalized spacial score (nSPS) is 21.8. The van der Waals surface area contributed by atoms with Crippen LogP contribution in [0.5, 0.6) is 0 Å². The quantitative estimate of drug-likeness (QED) is 0.623. The third-order valence-corrected chi connectivity index (χ3v) is 6.11. The number of aryl methyl sites for hydroxylation is 1. The summed E-state index contributed by atoms with van der Waals surface area (Å²) in [6.07, 6.45) is 1.97. The van der Waals surface area contributed by atoms with Gasteiger partial charge in [-0.25, -0.2) is 13.5 Å². The zero-order chi connectivity index (χ0) is 23.1. The molecule has 0 bridgehead atoms. The smallest absolute Gasteiger partial charge is 0.246 e. The Morgan fingerprint density at radius 2 is 1.64 bits per heavy atom. The number of anilines is 3. The fourth-order valence-corrected chi connectivity index (χ4v) is 4.68. The van der Waals surface area contributed by atoms with E-state index < -0.39 is 11.6 Å². The molecule has 5 rings (SSSR count). The van der Waals surface area contributed by atoms with Crippen molar-refractivity contribution in [2.45, 2.75) is 39.0 Å². The molecule has 0 unspecified atom stereocenters. The summed E-state index contributed by atoms with van der Waals surface area (Å²) < 4.78 is 34.3. The van der Waals surface area contributed by atoms with Gasteiger partial charge < -0.3 is 15.0 Å². The number of morpholine rings is 1. The van der Waals surface area contributed by atoms with Gasteiger partial charge in [-0.3, -0.25) is 4.90 Å². The molecule has 1 aromatic heterocycles. The second-order valence-corrected chi connectivity index (χ2v) is 9.09. The molecule has 3 aromatic rings. The largest absolute Gasteiger partial charge is 0.373 e. The number of aromatic nitrogens is 3. The molecule has 0 amide bonds. The monoisotopic (exact) mass is 456 g/mol. The molecule has 0 saturated carbocycles. The highest BCUT2D eigenvalue weighted by atomic mass is 19.1. The molecule has 2 aliphatic rings. The van der Waals surface area contributed by atoms with Crippen LogP contribution in [-0.4, -0.2) is 64.1 Å². The molecular weight excluding hydrogens is 426 g/mol. The maximum atomic E-state index is 13.5. The number of halogens is 2. The molecule has 2 aromatic carbocycles. The van der Waals surface area contributed by atoms with E-state index in [-0.39, 0.29) is 19.3 Å². The van der Waals surface area contributed by atoms with Gasteiger partial charge in [0.2, 0.25) is 5.95 Å². The molecule has 3 heterocycles. The molecule has 0 radical (unpaired) electrons. The van der Waals surface area contributed by atoms with Gasteiger partial charge in [-0.05, 0) is 56.7 Å². The molecule has 0 spiro atoms. The third-order valence-electron chi connectivity index (χ3n) is 6.11. The van der Waals surface area contributed by atoms with Crippen LogP contribution in [0.2, 0.25) is 0 Å². The molecule has 176 valence electrons. The summed E-state index contributed by atoms with van der Waals surface area (Å²) in [5.74, 6) is -0.964. The Kier molecular flexibility index (Phi) is 5.76. The first kappa shape index (κ1) is 21.8. The maximum Gasteiger partial charge on any atom is 0.246 e. The minimum absolute atomic E-state index is 0. The van der Waals surface area contributed by atoms with Crippen molar-refractivity contribution in [1.82, 2.24) is 19.7 Å². The number of ether oxygens (including phenoxy) is 1. The van der Waals surface area contributed by atoms with E-state index in [1.54, 1.807) is 0 Å². The van der Waals surface area contributed by atoms with Gasteiger partial charge >= 0.3 is 0 Å². The Balaban J connectivity index is 0.00000274. The molecule has 2 saturated heterocycles. The van der Waals surface area contributed by atoms with Gasteiger partial charge in [-0.1, -0.05) is 0 Å². The van der Waals surface area contributed by atoms with Crippen molar-refractivity contribution < 1.29 is 14.9 Å². The van der Waals surface area contributed by atoms with Gasteiger partial charge in [-0.15, -0.1) is 5.10 Å². The van der Waals surface area contributed by atoms with Crippen molar-refractivity contribution in [3.8, 4) is 5.69 Å². The lowest BCUT2D eigenvalue weighted by atomic mass is 10.0. The van der Waals surface area contributed by atoms with Crippen molar-refractivity contribution >= 4 is 17.3 Å². The van der Waals surface area contributed by atoms with Crippen LogP contribution in [0.1, 0.15) is 20.8 Å². The molecule has 2 aliphatic heterocycles. The second-order valence-electron chi connectivity index (χ2n) is 9.09. The van der Waals surface area contributed by atoms with Crippen LogP contribution < -0.4 is 10.2 Å². The van der Waals surface area contributed by atoms with Crippen LogP contribution in [0.15, 0.2) is 42.7 Å². The summed E-state index contributed by atoms with van der Waals surface area (Å²) in [7, 11) is 0. The van der Waals surface area contributed by atoms with E-state index in [9.17, 15) is 8.78 Å². The summed E-state index contributed by atoms with van der Waals surface area (Å²) >= 11 is 0. The van der Waals surface area contributed by atoms with Crippen LogP contribution >= 0.6 is 0 Å². The summed E-state index contributed by atoms with van der Waals surface area (Å²) in [4.78, 5) is 9.14. The first-order chi connectivity index (χ1) is 15.8. The Morgan fingerprint density at radius 3 is 2.33 bits per heavy atom. The van der Waals surface area contributed by atoms with Gasteiger partial charge in [0.15, 0.2) is 0 Å². The van der Waals surface area contributed by atoms with Crippen LogP contribution in [-0.2, 0) is 4.74 Å². The Labute approximate surface area is 193 Å². The standard InChI is InChI=1S/C24H28F2N6O.H2/c1-15-4-20(28-24-27-14-32(29-24)22-7-18(25)6-19(26)8-22)9-21(5-15)31-12-23(13-31)30-10-16(2)33-17(3)11-30;/h4-9,14,16-17,23H,10-13H2,1-3H3,(H,28,29);1H/t16-,17-;/m1./s1. The van der Waals surface area contributed by atoms with Crippen LogP contribution in [0.4, 0.5) is 26.1 Å². The highest BCUT2D eigenvalue weighted by Gasteiger charge is 2.35. The topological polar surface area (TPSA) is 58.5 Å². The number of rotatable bonds is 5. The molecule has 0 aliphatic carbocycles. The van der Waals surface area contributed by atoms with Crippen molar-refractivity contribution in [2.75, 3.05) is 36.4 Å². The van der Waals surface area contributed by atoms with E-state index in [1.807, 2.05) is 6.07 Å². The number of hydrogen-bond acceptors (Lipinski definition) is 6. The van der Waals surface area contributed by atoms with Gasteiger partial charge in [-0.2, -0.15) is 4.98 Å². The zero-order valence-electron chi connectivity index (χ0n) is 19.0. The predicted molar refractivity (Wildman–Crippen MR) is 125 cm³/mol. The number of nitrogens with one attached hydrogen (secondary N) is 1. The van der Waals surface area contributed by atoms with Crippen molar-refractivity contribution in [2.24, 2.45) is 0 Å². The number of benzene rings is 2. The van der Waals surface area contributed by atoms with E-state index >= 15 is 0 Å². The highest BCUT2D eigenvalue weighted by molar-refractivity contribution is 5.65. The molecular formula is C24H30F2N6O. The second kappa shape index (κ2) is 8.72. The first-order valence-corrected chi connectivity index (χ1v) is 11.2. The lowest BCUT2D eigenvalue weighted by Gasteiger charge is -2.49. The number of nitrogens with zero attached hydrogens (tertiary/aromatic N) is 5. The van der Waals surface area contributed by atoms with Crippen molar-refractivity contribution in [1.29, 1.82) is 0 Å². The minimum atomic E-state index is -0.660. The average Bonchev–Trinajstić information content (AvgIpc) is 3.13. The minimum Gasteiger partial charge on any atom is -0.373 e. The van der Waals surface area contributed by atoms with Crippen LogP contribution in [0.25, 0.3) is 5.69 Å². The highest BCUT2D eigenvalue weighted by Crippen LogP contribution is 2.30. The lowest BCUT2D eigenvalue weighted by Crippen LogP contribution is -2.63. The molecule has 1 N–H and O–H groups in total. The lowest BCUT2D eigenvalue weighted by molar-refractivity contribution is -0.0831. The van der Waals surface area contributed by atoms with Crippen molar-refractivity contribution in [3.63, 3.8) is 0 Å². The predicted octanol–water partition coefficient (Wildman–Crippen LogP) is 4.14. The summed E-state index contributed by atoms with van der Waals surface area (Å²) in [5.41, 5.74) is 3.41. The van der Waals surface area contributed by atoms with E-state index in [0.29, 0.717) is 12.0 Å². The van der Waals surface area contributed by atoms with Gasteiger partial charge in [0, 0.05) is 51.1 Å². The third kappa shape index (κ3) is 4.84. The average molecular weight is 457 g/mol. The Morgan fingerprint density at radius 1 is 0.939 bits per heavy atom. The van der Waals surface area contributed by atoms with Crippen molar-refractivity contribution in [3.05, 3.63) is 59.9 Å². The molecule has 7 nitrogen and oxygen atoms in total. The van der Waals surface area contributed by atoms with E-state index in [4.69, 9.17) is 4.74 Å². The Hall–Kier alpha value is -3.04. The maximum absolute atomic E-state index is 13.5. The molecule has 2 atom stereocenters. The zero-order valence-corrected chi connectivity index (χ0v) is 19.0. The fraction of sp³-hybridized carbons (Fsp3) is 0.417. The first-order valence-electron chi connectivity index (χ1n) is 11.2. The van der Waals surface area contributed by atoms with Gasteiger partial charge in [0.1, 0.15) is 18.0 Å². The SMILES string of the molecule is Cc1cc(Nc2ncn(-c3cc(F)cc(F)c3)n2)cc(N2CC(N3C[C@@H](C)O[C@H](C)C3)C2)c1.[HH]. The summed E-state index contributed by atoms with van der Waals surface area (Å²) in [6.45, 7) is 10.3. The van der Waals surface area contributed by atoms with E-state index in [1.165, 1.54) is 23.1 Å². The van der Waals surface area contributed by atoms with Crippen LogP contribution in [0, 0.1) is 18.6 Å². The van der Waals surface area contributed by atoms with Gasteiger partial charge in [0.25, 0.3) is 0 Å². The molecule has 2 fully saturated rings. The van der Waals surface area contributed by atoms with E-state index in [0.717, 1.165) is 49.2 Å². The summed E-state index contributed by atoms with van der Waals surface area (Å²) in [5, 5.41) is 7.52. The Bertz CT molecular complexity index is 1120. The van der Waals surface area contributed by atoms with Crippen LogP contribution in [0.3, 0.4) is 0 Å². The van der Waals surface area contributed by atoms with Gasteiger partial charge in [0.05, 0.1) is 17.9 Å². The van der Waals surface area contributed by atoms with E-state index in [2.05, 4.69) is 58.1 Å². The fourth-order valence-electron chi connectivity index (χ4n) is 4.68. The molecule has 9 heteroatoms. The molecule has 33 heavy (non-hydrogen) atoms.